The van der Waals surface area contributed by atoms with Gasteiger partial charge in [-0.3, -0.25) is 4.79 Å². The number of aryl methyl sites for hydroxylation is 1. The fourth-order valence-corrected chi connectivity index (χ4v) is 1.89. The van der Waals surface area contributed by atoms with E-state index in [1.807, 2.05) is 25.1 Å². The monoisotopic (exact) mass is 254 g/mol. The van der Waals surface area contributed by atoms with E-state index in [1.54, 1.807) is 0 Å². The molecule has 2 heteroatoms. The Morgan fingerprint density at radius 2 is 2.14 bits per heavy atom. The van der Waals surface area contributed by atoms with Crippen LogP contribution in [0.25, 0.3) is 0 Å². The van der Waals surface area contributed by atoms with Gasteiger partial charge in [0.05, 0.1) is 0 Å². The highest BCUT2D eigenvalue weighted by Crippen LogP contribution is 2.17. The van der Waals surface area contributed by atoms with E-state index >= 15 is 0 Å². The smallest absolute Gasteiger partial charge is 0.163 e. The first-order chi connectivity index (χ1) is 6.65. The number of carbonyl (C=O) groups excluding carboxylic acids is 1. The highest BCUT2D eigenvalue weighted by Gasteiger charge is 2.07. The molecule has 76 valence electrons. The fourth-order valence-electron chi connectivity index (χ4n) is 1.41. The van der Waals surface area contributed by atoms with Crippen LogP contribution >= 0.6 is 15.9 Å². The molecule has 0 saturated carbocycles. The lowest BCUT2D eigenvalue weighted by Gasteiger charge is -2.04. The second kappa shape index (κ2) is 5.30. The minimum atomic E-state index is 0.261. The third-order valence-electron chi connectivity index (χ3n) is 2.25. The van der Waals surface area contributed by atoms with Gasteiger partial charge >= 0.3 is 0 Å². The van der Waals surface area contributed by atoms with Gasteiger partial charge in [-0.15, -0.1) is 0 Å². The van der Waals surface area contributed by atoms with Gasteiger partial charge in [0.1, 0.15) is 0 Å². The van der Waals surface area contributed by atoms with Crippen molar-refractivity contribution in [2.24, 2.45) is 0 Å². The zero-order chi connectivity index (χ0) is 10.6. The van der Waals surface area contributed by atoms with Gasteiger partial charge in [-0.1, -0.05) is 35.3 Å². The zero-order valence-corrected chi connectivity index (χ0v) is 10.2. The summed E-state index contributed by atoms with van der Waals surface area (Å²) in [5.74, 6) is 0.261. The highest BCUT2D eigenvalue weighted by atomic mass is 79.9. The van der Waals surface area contributed by atoms with E-state index in [1.165, 1.54) is 0 Å². The normalized spacial score (nSPS) is 10.2. The van der Waals surface area contributed by atoms with Crippen LogP contribution in [0.1, 0.15) is 42.1 Å². The van der Waals surface area contributed by atoms with Crippen LogP contribution in [-0.2, 0) is 0 Å². The number of rotatable bonds is 4. The molecule has 0 fully saturated rings. The van der Waals surface area contributed by atoms with Crippen molar-refractivity contribution >= 4 is 21.7 Å². The fraction of sp³-hybridized carbons (Fsp3) is 0.417. The molecule has 0 unspecified atom stereocenters. The zero-order valence-electron chi connectivity index (χ0n) is 8.64. The third-order valence-corrected chi connectivity index (χ3v) is 2.74. The summed E-state index contributed by atoms with van der Waals surface area (Å²) in [6, 6.07) is 5.81. The Labute approximate surface area is 93.7 Å². The Kier molecular flexibility index (Phi) is 4.33. The van der Waals surface area contributed by atoms with E-state index in [4.69, 9.17) is 0 Å². The molecule has 1 aromatic rings. The van der Waals surface area contributed by atoms with E-state index in [9.17, 15) is 4.79 Å². The Bertz CT molecular complexity index is 331. The van der Waals surface area contributed by atoms with Crippen LogP contribution in [0.2, 0.25) is 0 Å². The molecule has 0 saturated heterocycles. The van der Waals surface area contributed by atoms with Crippen LogP contribution in [0.3, 0.4) is 0 Å². The minimum absolute atomic E-state index is 0.261. The molecule has 1 rings (SSSR count). The maximum absolute atomic E-state index is 11.7. The molecule has 1 aromatic carbocycles. The van der Waals surface area contributed by atoms with Crippen molar-refractivity contribution < 1.29 is 4.79 Å². The Morgan fingerprint density at radius 1 is 1.43 bits per heavy atom. The van der Waals surface area contributed by atoms with E-state index in [-0.39, 0.29) is 5.78 Å². The molecule has 0 aromatic heterocycles. The number of hydrogen-bond acceptors (Lipinski definition) is 1. The van der Waals surface area contributed by atoms with Crippen LogP contribution in [0.5, 0.6) is 0 Å². The molecule has 0 bridgehead atoms. The molecule has 0 atom stereocenters. The number of halogens is 1. The van der Waals surface area contributed by atoms with Gasteiger partial charge in [-0.05, 0) is 31.0 Å². The van der Waals surface area contributed by atoms with Crippen LogP contribution in [0.15, 0.2) is 22.7 Å². The molecular weight excluding hydrogens is 240 g/mol. The summed E-state index contributed by atoms with van der Waals surface area (Å²) in [5.41, 5.74) is 1.92. The van der Waals surface area contributed by atoms with Crippen molar-refractivity contribution in [2.45, 2.75) is 33.1 Å². The Balaban J connectivity index is 2.80. The molecule has 0 N–H and O–H groups in total. The van der Waals surface area contributed by atoms with Crippen molar-refractivity contribution in [3.8, 4) is 0 Å². The van der Waals surface area contributed by atoms with Crippen LogP contribution < -0.4 is 0 Å². The molecule has 0 aliphatic rings. The van der Waals surface area contributed by atoms with Gasteiger partial charge in [-0.25, -0.2) is 0 Å². The van der Waals surface area contributed by atoms with Gasteiger partial charge in [0.15, 0.2) is 5.78 Å². The predicted molar refractivity (Wildman–Crippen MR) is 62.7 cm³/mol. The number of Topliss-reactive ketones (excluding diaryl/α,β-unsaturated/α-hetero) is 1. The second-order valence-electron chi connectivity index (χ2n) is 3.49. The summed E-state index contributed by atoms with van der Waals surface area (Å²) in [7, 11) is 0. The summed E-state index contributed by atoms with van der Waals surface area (Å²) >= 11 is 3.39. The van der Waals surface area contributed by atoms with Gasteiger partial charge in [0, 0.05) is 16.5 Å². The topological polar surface area (TPSA) is 17.1 Å². The number of benzene rings is 1. The lowest BCUT2D eigenvalue weighted by atomic mass is 10.0. The Morgan fingerprint density at radius 3 is 2.71 bits per heavy atom. The largest absolute Gasteiger partial charge is 0.294 e. The molecule has 0 spiro atoms. The quantitative estimate of drug-likeness (QED) is 0.739. The molecule has 0 radical (unpaired) electrons. The number of unbranched alkanes of at least 4 members (excludes halogenated alkanes) is 1. The SMILES string of the molecule is CCCCC(=O)c1ccc(Br)cc1C. The van der Waals surface area contributed by atoms with Crippen LogP contribution in [0, 0.1) is 6.92 Å². The second-order valence-corrected chi connectivity index (χ2v) is 4.40. The lowest BCUT2D eigenvalue weighted by molar-refractivity contribution is 0.0979. The predicted octanol–water partition coefficient (Wildman–Crippen LogP) is 4.13. The summed E-state index contributed by atoms with van der Waals surface area (Å²) in [6.07, 6.45) is 2.72. The third kappa shape index (κ3) is 2.95. The highest BCUT2D eigenvalue weighted by molar-refractivity contribution is 9.10. The maximum Gasteiger partial charge on any atom is 0.163 e. The van der Waals surface area contributed by atoms with Crippen molar-refractivity contribution in [1.29, 1.82) is 0 Å². The Hall–Kier alpha value is -0.630. The molecular formula is C12H15BrO. The lowest BCUT2D eigenvalue weighted by Crippen LogP contribution is -2.01. The van der Waals surface area contributed by atoms with Crippen LogP contribution in [0.4, 0.5) is 0 Å². The minimum Gasteiger partial charge on any atom is -0.294 e. The summed E-state index contributed by atoms with van der Waals surface area (Å²) in [5, 5.41) is 0. The van der Waals surface area contributed by atoms with Gasteiger partial charge in [0.25, 0.3) is 0 Å². The number of carbonyl (C=O) groups is 1. The molecule has 1 nitrogen and oxygen atoms in total. The molecule has 0 aliphatic carbocycles. The first-order valence-electron chi connectivity index (χ1n) is 4.94. The van der Waals surface area contributed by atoms with E-state index in [0.717, 1.165) is 28.4 Å². The number of ketones is 1. The molecule has 0 aliphatic heterocycles. The van der Waals surface area contributed by atoms with E-state index in [2.05, 4.69) is 22.9 Å². The van der Waals surface area contributed by atoms with Gasteiger partial charge in [0.2, 0.25) is 0 Å². The molecule has 0 heterocycles. The van der Waals surface area contributed by atoms with Crippen molar-refractivity contribution in [3.05, 3.63) is 33.8 Å². The van der Waals surface area contributed by atoms with E-state index in [0.29, 0.717) is 6.42 Å². The molecule has 0 amide bonds. The van der Waals surface area contributed by atoms with E-state index < -0.39 is 0 Å². The average molecular weight is 255 g/mol. The summed E-state index contributed by atoms with van der Waals surface area (Å²) < 4.78 is 1.03. The molecule has 14 heavy (non-hydrogen) atoms. The maximum atomic E-state index is 11.7. The summed E-state index contributed by atoms with van der Waals surface area (Å²) in [6.45, 7) is 4.08. The van der Waals surface area contributed by atoms with Gasteiger partial charge < -0.3 is 0 Å². The number of hydrogen-bond donors (Lipinski definition) is 0. The average Bonchev–Trinajstić information content (AvgIpc) is 2.14. The van der Waals surface area contributed by atoms with Crippen LogP contribution in [-0.4, -0.2) is 5.78 Å². The first-order valence-corrected chi connectivity index (χ1v) is 5.73. The van der Waals surface area contributed by atoms with Crippen molar-refractivity contribution in [3.63, 3.8) is 0 Å². The van der Waals surface area contributed by atoms with Crippen molar-refractivity contribution in [1.82, 2.24) is 0 Å². The van der Waals surface area contributed by atoms with Gasteiger partial charge in [-0.2, -0.15) is 0 Å². The first kappa shape index (κ1) is 11.4. The summed E-state index contributed by atoms with van der Waals surface area (Å²) in [4.78, 5) is 11.7. The standard InChI is InChI=1S/C12H15BrO/c1-3-4-5-12(14)11-7-6-10(13)8-9(11)2/h6-8H,3-5H2,1-2H3. The van der Waals surface area contributed by atoms with Crippen molar-refractivity contribution in [2.75, 3.05) is 0 Å².